The van der Waals surface area contributed by atoms with Gasteiger partial charge in [-0.15, -0.1) is 0 Å². The van der Waals surface area contributed by atoms with E-state index in [0.717, 1.165) is 27.7 Å². The van der Waals surface area contributed by atoms with Crippen LogP contribution in [-0.4, -0.2) is 102 Å². The van der Waals surface area contributed by atoms with Crippen LogP contribution in [0, 0.1) is 0 Å². The average molecular weight is 613 g/mol. The molecule has 0 radical (unpaired) electrons. The SMILES string of the molecule is CC(=O)OCC1CC(OC(C)=O)C(OC(C)=O)C(OC2C(O)C(c3cccc(O)c3)OC(COC(C)=O)C2OC(C)=O)O1. The number of phenols is 1. The number of carbonyl (C=O) groups is 5. The predicted octanol–water partition coefficient (Wildman–Crippen LogP) is 0.615. The molecule has 0 aromatic heterocycles. The van der Waals surface area contributed by atoms with Crippen LogP contribution in [0.15, 0.2) is 24.3 Å². The van der Waals surface area contributed by atoms with Crippen molar-refractivity contribution in [1.82, 2.24) is 0 Å². The lowest BCUT2D eigenvalue weighted by molar-refractivity contribution is -0.330. The van der Waals surface area contributed by atoms with E-state index in [1.807, 2.05) is 0 Å². The lowest BCUT2D eigenvalue weighted by Gasteiger charge is -2.47. The highest BCUT2D eigenvalue weighted by Crippen LogP contribution is 2.38. The van der Waals surface area contributed by atoms with Gasteiger partial charge < -0.3 is 48.1 Å². The summed E-state index contributed by atoms with van der Waals surface area (Å²) in [7, 11) is 0. The Hall–Kier alpha value is -3.79. The van der Waals surface area contributed by atoms with Crippen molar-refractivity contribution >= 4 is 29.8 Å². The Labute approximate surface area is 247 Å². The van der Waals surface area contributed by atoms with Crippen LogP contribution in [0.2, 0.25) is 0 Å². The fourth-order valence-electron chi connectivity index (χ4n) is 4.85. The third-order valence-corrected chi connectivity index (χ3v) is 6.45. The van der Waals surface area contributed by atoms with Gasteiger partial charge in [0, 0.05) is 41.0 Å². The second kappa shape index (κ2) is 15.1. The minimum absolute atomic E-state index is 0.0463. The van der Waals surface area contributed by atoms with Crippen LogP contribution >= 0.6 is 0 Å². The van der Waals surface area contributed by atoms with Gasteiger partial charge in [0.25, 0.3) is 0 Å². The first-order valence-corrected chi connectivity index (χ1v) is 13.5. The molecule has 2 aliphatic rings. The van der Waals surface area contributed by atoms with Gasteiger partial charge in [-0.2, -0.15) is 0 Å². The number of hydrogen-bond acceptors (Lipinski definition) is 15. The lowest BCUT2D eigenvalue weighted by Crippen LogP contribution is -2.62. The molecule has 9 unspecified atom stereocenters. The maximum absolute atomic E-state index is 12.2. The maximum atomic E-state index is 12.2. The summed E-state index contributed by atoms with van der Waals surface area (Å²) >= 11 is 0. The zero-order valence-electron chi connectivity index (χ0n) is 24.3. The Morgan fingerprint density at radius 2 is 1.40 bits per heavy atom. The van der Waals surface area contributed by atoms with E-state index < -0.39 is 91.6 Å². The first-order valence-electron chi connectivity index (χ1n) is 13.5. The highest BCUT2D eigenvalue weighted by atomic mass is 16.7. The monoisotopic (exact) mass is 612 g/mol. The number of phenolic OH excluding ortho intramolecular Hbond substituents is 1. The quantitative estimate of drug-likeness (QED) is 0.275. The summed E-state index contributed by atoms with van der Waals surface area (Å²) in [4.78, 5) is 59.3. The average Bonchev–Trinajstić information content (AvgIpc) is 2.89. The number of aliphatic hydroxyl groups excluding tert-OH is 1. The van der Waals surface area contributed by atoms with Gasteiger partial charge in [-0.3, -0.25) is 24.0 Å². The Kier molecular flexibility index (Phi) is 11.8. The number of hydrogen-bond donors (Lipinski definition) is 2. The molecule has 15 nitrogen and oxygen atoms in total. The third-order valence-electron chi connectivity index (χ3n) is 6.45. The van der Waals surface area contributed by atoms with Crippen molar-refractivity contribution < 1.29 is 72.1 Å². The Morgan fingerprint density at radius 1 is 0.791 bits per heavy atom. The fourth-order valence-corrected chi connectivity index (χ4v) is 4.85. The van der Waals surface area contributed by atoms with E-state index in [4.69, 9.17) is 37.9 Å². The molecule has 1 aromatic rings. The summed E-state index contributed by atoms with van der Waals surface area (Å²) in [6.07, 6.45) is -11.9. The molecule has 2 aliphatic heterocycles. The molecule has 1 aromatic carbocycles. The normalized spacial score (nSPS) is 30.4. The van der Waals surface area contributed by atoms with E-state index in [1.165, 1.54) is 25.1 Å². The standard InChI is InChI=1S/C28H36O15/c1-13(29)36-11-20-10-21(38-15(3)31)26(40-17(5)33)28(41-20)43-27-23(35)24(18-7-6-8-19(34)9-18)42-22(12-37-14(2)30)25(27)39-16(4)32/h6-9,20-28,34-35H,10-12H2,1-5H3. The van der Waals surface area contributed by atoms with E-state index in [-0.39, 0.29) is 18.8 Å². The van der Waals surface area contributed by atoms with Gasteiger partial charge in [0.1, 0.15) is 49.5 Å². The first kappa shape index (κ1) is 33.7. The molecule has 0 amide bonds. The molecule has 3 rings (SSSR count). The molecule has 0 spiro atoms. The number of esters is 5. The molecule has 0 aliphatic carbocycles. The van der Waals surface area contributed by atoms with Gasteiger partial charge in [0.05, 0.1) is 6.10 Å². The molecule has 238 valence electrons. The predicted molar refractivity (Wildman–Crippen MR) is 140 cm³/mol. The summed E-state index contributed by atoms with van der Waals surface area (Å²) in [6, 6.07) is 5.82. The number of benzene rings is 1. The second-order valence-electron chi connectivity index (χ2n) is 10.0. The van der Waals surface area contributed by atoms with Crippen LogP contribution in [0.5, 0.6) is 5.75 Å². The molecule has 2 fully saturated rings. The molecule has 43 heavy (non-hydrogen) atoms. The van der Waals surface area contributed by atoms with Gasteiger partial charge in [-0.1, -0.05) is 12.1 Å². The zero-order valence-corrected chi connectivity index (χ0v) is 24.3. The Bertz CT molecular complexity index is 1170. The molecule has 0 bridgehead atoms. The topological polar surface area (TPSA) is 200 Å². The lowest BCUT2D eigenvalue weighted by atomic mass is 9.90. The van der Waals surface area contributed by atoms with E-state index in [1.54, 1.807) is 6.07 Å². The molecule has 2 heterocycles. The molecule has 15 heteroatoms. The summed E-state index contributed by atoms with van der Waals surface area (Å²) in [6.45, 7) is 5.04. The fraction of sp³-hybridized carbons (Fsp3) is 0.607. The van der Waals surface area contributed by atoms with E-state index in [2.05, 4.69) is 0 Å². The summed E-state index contributed by atoms with van der Waals surface area (Å²) in [5.74, 6) is -3.66. The molecule has 9 atom stereocenters. The van der Waals surface area contributed by atoms with Crippen LogP contribution in [0.25, 0.3) is 0 Å². The van der Waals surface area contributed by atoms with Gasteiger partial charge in [-0.25, -0.2) is 0 Å². The molecule has 2 saturated heterocycles. The van der Waals surface area contributed by atoms with Crippen LogP contribution in [-0.2, 0) is 61.9 Å². The third kappa shape index (κ3) is 9.61. The van der Waals surface area contributed by atoms with Crippen LogP contribution in [0.3, 0.4) is 0 Å². The Balaban J connectivity index is 2.05. The van der Waals surface area contributed by atoms with Crippen molar-refractivity contribution in [3.8, 4) is 5.75 Å². The largest absolute Gasteiger partial charge is 0.508 e. The van der Waals surface area contributed by atoms with Crippen LogP contribution in [0.1, 0.15) is 52.7 Å². The molecule has 0 saturated carbocycles. The van der Waals surface area contributed by atoms with Crippen molar-refractivity contribution in [2.24, 2.45) is 0 Å². The number of aromatic hydroxyl groups is 1. The minimum Gasteiger partial charge on any atom is -0.508 e. The number of carbonyl (C=O) groups excluding carboxylic acids is 5. The maximum Gasteiger partial charge on any atom is 0.303 e. The smallest absolute Gasteiger partial charge is 0.303 e. The van der Waals surface area contributed by atoms with Crippen molar-refractivity contribution in [1.29, 1.82) is 0 Å². The summed E-state index contributed by atoms with van der Waals surface area (Å²) < 4.78 is 44.7. The number of ether oxygens (including phenoxy) is 8. The van der Waals surface area contributed by atoms with Gasteiger partial charge in [-0.05, 0) is 17.7 Å². The molecular formula is C28H36O15. The first-order chi connectivity index (χ1) is 20.2. The van der Waals surface area contributed by atoms with Crippen molar-refractivity contribution in [2.75, 3.05) is 13.2 Å². The van der Waals surface area contributed by atoms with Gasteiger partial charge >= 0.3 is 29.8 Å². The molecular weight excluding hydrogens is 576 g/mol. The van der Waals surface area contributed by atoms with Gasteiger partial charge in [0.2, 0.25) is 0 Å². The zero-order chi connectivity index (χ0) is 31.8. The number of rotatable bonds is 10. The van der Waals surface area contributed by atoms with Gasteiger partial charge in [0.15, 0.2) is 18.5 Å². The van der Waals surface area contributed by atoms with E-state index in [9.17, 15) is 34.2 Å². The van der Waals surface area contributed by atoms with E-state index in [0.29, 0.717) is 5.56 Å². The second-order valence-corrected chi connectivity index (χ2v) is 10.0. The summed E-state index contributed by atoms with van der Waals surface area (Å²) in [5, 5.41) is 21.6. The highest BCUT2D eigenvalue weighted by molar-refractivity contribution is 5.68. The van der Waals surface area contributed by atoms with Crippen molar-refractivity contribution in [3.05, 3.63) is 29.8 Å². The van der Waals surface area contributed by atoms with E-state index >= 15 is 0 Å². The highest BCUT2D eigenvalue weighted by Gasteiger charge is 2.53. The van der Waals surface area contributed by atoms with Crippen molar-refractivity contribution in [3.63, 3.8) is 0 Å². The van der Waals surface area contributed by atoms with Crippen molar-refractivity contribution in [2.45, 2.75) is 96.2 Å². The van der Waals surface area contributed by atoms with Crippen LogP contribution < -0.4 is 0 Å². The molecule has 2 N–H and O–H groups in total. The Morgan fingerprint density at radius 3 is 1.98 bits per heavy atom. The number of aliphatic hydroxyl groups is 1. The minimum atomic E-state index is -1.61. The summed E-state index contributed by atoms with van der Waals surface area (Å²) in [5.41, 5.74) is 0.307. The van der Waals surface area contributed by atoms with Crippen LogP contribution in [0.4, 0.5) is 0 Å².